The van der Waals surface area contributed by atoms with Crippen LogP contribution in [-0.2, 0) is 12.8 Å². The molecule has 0 spiro atoms. The Hall–Kier alpha value is -0.820. The van der Waals surface area contributed by atoms with Crippen LogP contribution in [0, 0.1) is 5.92 Å². The van der Waals surface area contributed by atoms with Crippen LogP contribution in [-0.4, -0.2) is 6.54 Å². The zero-order valence-electron chi connectivity index (χ0n) is 11.9. The molecule has 0 heterocycles. The zero-order chi connectivity index (χ0) is 13.0. The molecule has 1 aromatic carbocycles. The lowest BCUT2D eigenvalue weighted by molar-refractivity contribution is 0.457. The van der Waals surface area contributed by atoms with Crippen molar-refractivity contribution in [2.24, 2.45) is 11.7 Å². The van der Waals surface area contributed by atoms with Crippen molar-refractivity contribution in [3.63, 3.8) is 0 Å². The largest absolute Gasteiger partial charge is 0.330 e. The van der Waals surface area contributed by atoms with Gasteiger partial charge < -0.3 is 5.73 Å². The third-order valence-electron chi connectivity index (χ3n) is 4.32. The summed E-state index contributed by atoms with van der Waals surface area (Å²) in [6.45, 7) is 5.48. The average molecular weight is 245 g/mol. The molecule has 2 rings (SSSR count). The van der Waals surface area contributed by atoms with E-state index >= 15 is 0 Å². The van der Waals surface area contributed by atoms with E-state index in [4.69, 9.17) is 5.73 Å². The molecule has 1 aromatic rings. The van der Waals surface area contributed by atoms with Gasteiger partial charge in [0.2, 0.25) is 0 Å². The number of aryl methyl sites for hydroxylation is 2. The van der Waals surface area contributed by atoms with E-state index in [2.05, 4.69) is 32.0 Å². The number of rotatable bonds is 5. The summed E-state index contributed by atoms with van der Waals surface area (Å²) < 4.78 is 0. The minimum Gasteiger partial charge on any atom is -0.330 e. The summed E-state index contributed by atoms with van der Waals surface area (Å²) in [4.78, 5) is 0. The van der Waals surface area contributed by atoms with Crippen LogP contribution in [0.25, 0.3) is 0 Å². The lowest BCUT2D eigenvalue weighted by Crippen LogP contribution is -2.11. The molecular formula is C17H27N. The molecule has 100 valence electrons. The Morgan fingerprint density at radius 3 is 2.50 bits per heavy atom. The van der Waals surface area contributed by atoms with E-state index in [1.807, 2.05) is 0 Å². The highest BCUT2D eigenvalue weighted by atomic mass is 14.5. The summed E-state index contributed by atoms with van der Waals surface area (Å²) in [6.07, 6.45) is 7.67. The predicted octanol–water partition coefficient (Wildman–Crippen LogP) is 4.04. The molecule has 0 radical (unpaired) electrons. The Morgan fingerprint density at radius 2 is 1.83 bits per heavy atom. The molecule has 1 heteroatoms. The Morgan fingerprint density at radius 1 is 1.11 bits per heavy atom. The lowest BCUT2D eigenvalue weighted by atomic mass is 9.81. The fourth-order valence-corrected chi connectivity index (χ4v) is 3.21. The minimum atomic E-state index is 0.681. The SMILES string of the molecule is CC(C)C(CCCN)c1ccc2c(c1)CCCC2. The van der Waals surface area contributed by atoms with Gasteiger partial charge in [-0.1, -0.05) is 32.0 Å². The smallest absolute Gasteiger partial charge is 0.00771 e. The number of hydrogen-bond acceptors (Lipinski definition) is 1. The monoisotopic (exact) mass is 245 g/mol. The second-order valence-corrected chi connectivity index (χ2v) is 6.02. The molecule has 0 aliphatic heterocycles. The molecule has 1 aliphatic carbocycles. The van der Waals surface area contributed by atoms with Crippen LogP contribution in [0.3, 0.4) is 0 Å². The van der Waals surface area contributed by atoms with Crippen molar-refractivity contribution in [1.82, 2.24) is 0 Å². The van der Waals surface area contributed by atoms with Crippen molar-refractivity contribution in [2.75, 3.05) is 6.54 Å². The average Bonchev–Trinajstić information content (AvgIpc) is 2.38. The van der Waals surface area contributed by atoms with Crippen LogP contribution in [0.4, 0.5) is 0 Å². The van der Waals surface area contributed by atoms with Gasteiger partial charge in [-0.2, -0.15) is 0 Å². The third-order valence-corrected chi connectivity index (χ3v) is 4.32. The Balaban J connectivity index is 2.19. The van der Waals surface area contributed by atoms with Crippen molar-refractivity contribution in [3.05, 3.63) is 34.9 Å². The van der Waals surface area contributed by atoms with Crippen LogP contribution < -0.4 is 5.73 Å². The first-order valence-corrected chi connectivity index (χ1v) is 7.54. The first-order chi connectivity index (χ1) is 8.72. The number of hydrogen-bond donors (Lipinski definition) is 1. The molecule has 1 aliphatic rings. The minimum absolute atomic E-state index is 0.681. The summed E-state index contributed by atoms with van der Waals surface area (Å²) >= 11 is 0. The van der Waals surface area contributed by atoms with Crippen molar-refractivity contribution in [3.8, 4) is 0 Å². The molecule has 0 bridgehead atoms. The normalized spacial score (nSPS) is 16.7. The van der Waals surface area contributed by atoms with Crippen LogP contribution in [0.5, 0.6) is 0 Å². The Kier molecular flexibility index (Phi) is 4.82. The third kappa shape index (κ3) is 3.14. The molecule has 1 atom stereocenters. The number of benzene rings is 1. The number of fused-ring (bicyclic) bond motifs is 1. The van der Waals surface area contributed by atoms with E-state index in [9.17, 15) is 0 Å². The van der Waals surface area contributed by atoms with E-state index in [0.717, 1.165) is 13.0 Å². The van der Waals surface area contributed by atoms with E-state index in [-0.39, 0.29) is 0 Å². The second kappa shape index (κ2) is 6.38. The first kappa shape index (κ1) is 13.6. The molecule has 0 amide bonds. The zero-order valence-corrected chi connectivity index (χ0v) is 11.9. The Bertz CT molecular complexity index is 381. The molecule has 0 fully saturated rings. The van der Waals surface area contributed by atoms with Crippen LogP contribution in [0.1, 0.15) is 62.1 Å². The Labute approximate surface area is 112 Å². The maximum Gasteiger partial charge on any atom is -0.00771 e. The fourth-order valence-electron chi connectivity index (χ4n) is 3.21. The van der Waals surface area contributed by atoms with E-state index in [0.29, 0.717) is 11.8 Å². The van der Waals surface area contributed by atoms with Gasteiger partial charge in [0, 0.05) is 0 Å². The molecule has 0 saturated carbocycles. The van der Waals surface area contributed by atoms with Crippen LogP contribution in [0.15, 0.2) is 18.2 Å². The molecule has 0 aromatic heterocycles. The first-order valence-electron chi connectivity index (χ1n) is 7.54. The van der Waals surface area contributed by atoms with Gasteiger partial charge >= 0.3 is 0 Å². The van der Waals surface area contributed by atoms with E-state index in [1.165, 1.54) is 32.1 Å². The molecule has 1 nitrogen and oxygen atoms in total. The summed E-state index contributed by atoms with van der Waals surface area (Å²) in [5.74, 6) is 1.39. The van der Waals surface area contributed by atoms with Gasteiger partial charge in [-0.05, 0) is 73.6 Å². The second-order valence-electron chi connectivity index (χ2n) is 6.02. The summed E-state index contributed by atoms with van der Waals surface area (Å²) in [5.41, 5.74) is 10.4. The molecule has 18 heavy (non-hydrogen) atoms. The van der Waals surface area contributed by atoms with Crippen molar-refractivity contribution in [2.45, 2.75) is 58.3 Å². The summed E-state index contributed by atoms with van der Waals surface area (Å²) in [7, 11) is 0. The van der Waals surface area contributed by atoms with Crippen molar-refractivity contribution < 1.29 is 0 Å². The lowest BCUT2D eigenvalue weighted by Gasteiger charge is -2.24. The molecular weight excluding hydrogens is 218 g/mol. The summed E-state index contributed by atoms with van der Waals surface area (Å²) in [5, 5.41) is 0. The highest BCUT2D eigenvalue weighted by Crippen LogP contribution is 2.32. The van der Waals surface area contributed by atoms with Gasteiger partial charge in [0.1, 0.15) is 0 Å². The van der Waals surface area contributed by atoms with Gasteiger partial charge in [0.15, 0.2) is 0 Å². The fraction of sp³-hybridized carbons (Fsp3) is 0.647. The number of nitrogens with two attached hydrogens (primary N) is 1. The van der Waals surface area contributed by atoms with Crippen LogP contribution in [0.2, 0.25) is 0 Å². The van der Waals surface area contributed by atoms with Crippen molar-refractivity contribution >= 4 is 0 Å². The summed E-state index contributed by atoms with van der Waals surface area (Å²) in [6, 6.07) is 7.22. The van der Waals surface area contributed by atoms with E-state index in [1.54, 1.807) is 16.7 Å². The molecule has 0 saturated heterocycles. The van der Waals surface area contributed by atoms with Crippen molar-refractivity contribution in [1.29, 1.82) is 0 Å². The maximum atomic E-state index is 5.67. The van der Waals surface area contributed by atoms with Gasteiger partial charge in [0.25, 0.3) is 0 Å². The quantitative estimate of drug-likeness (QED) is 0.832. The highest BCUT2D eigenvalue weighted by molar-refractivity contribution is 5.35. The molecule has 1 unspecified atom stereocenters. The van der Waals surface area contributed by atoms with Gasteiger partial charge in [-0.15, -0.1) is 0 Å². The van der Waals surface area contributed by atoms with Crippen LogP contribution >= 0.6 is 0 Å². The highest BCUT2D eigenvalue weighted by Gasteiger charge is 2.17. The standard InChI is InChI=1S/C17H27N/c1-13(2)17(8-5-11-18)16-10-9-14-6-3-4-7-15(14)12-16/h9-10,12-13,17H,3-8,11,18H2,1-2H3. The topological polar surface area (TPSA) is 26.0 Å². The van der Waals surface area contributed by atoms with Gasteiger partial charge in [-0.25, -0.2) is 0 Å². The van der Waals surface area contributed by atoms with Gasteiger partial charge in [0.05, 0.1) is 0 Å². The van der Waals surface area contributed by atoms with E-state index < -0.39 is 0 Å². The van der Waals surface area contributed by atoms with Gasteiger partial charge in [-0.3, -0.25) is 0 Å². The predicted molar refractivity (Wildman–Crippen MR) is 79.0 cm³/mol. The molecule has 2 N–H and O–H groups in total. The maximum absolute atomic E-state index is 5.67.